The van der Waals surface area contributed by atoms with Crippen molar-refractivity contribution in [2.24, 2.45) is 5.41 Å². The Labute approximate surface area is 126 Å². The molecule has 1 N–H and O–H groups in total. The van der Waals surface area contributed by atoms with E-state index in [2.05, 4.69) is 15.2 Å². The van der Waals surface area contributed by atoms with Crippen LogP contribution in [0.1, 0.15) is 37.7 Å². The minimum absolute atomic E-state index is 0.309. The largest absolute Gasteiger partial charge is 0.342 e. The quantitative estimate of drug-likeness (QED) is 0.925. The van der Waals surface area contributed by atoms with Crippen LogP contribution in [0.15, 0.2) is 24.5 Å². The van der Waals surface area contributed by atoms with E-state index in [-0.39, 0.29) is 0 Å². The van der Waals surface area contributed by atoms with Gasteiger partial charge in [-0.1, -0.05) is 6.07 Å². The van der Waals surface area contributed by atoms with E-state index in [9.17, 15) is 4.79 Å². The Morgan fingerprint density at radius 2 is 2.29 bits per heavy atom. The number of hydrogen-bond acceptors (Lipinski definition) is 3. The summed E-state index contributed by atoms with van der Waals surface area (Å²) in [5.74, 6) is 0.309. The van der Waals surface area contributed by atoms with Crippen molar-refractivity contribution in [1.82, 2.24) is 15.2 Å². The highest BCUT2D eigenvalue weighted by Gasteiger charge is 2.37. The molecule has 2 aliphatic rings. The zero-order valence-corrected chi connectivity index (χ0v) is 12.7. The van der Waals surface area contributed by atoms with Gasteiger partial charge >= 0.3 is 0 Å². The average molecular weight is 287 g/mol. The first-order valence-electron chi connectivity index (χ1n) is 8.15. The number of rotatable bonds is 3. The number of nitrogens with zero attached hydrogens (tertiary/aromatic N) is 2. The molecule has 3 rings (SSSR count). The minimum atomic E-state index is 0.309. The zero-order valence-electron chi connectivity index (χ0n) is 12.7. The summed E-state index contributed by atoms with van der Waals surface area (Å²) < 4.78 is 0. The maximum atomic E-state index is 12.5. The predicted octanol–water partition coefficient (Wildman–Crippen LogP) is 2.01. The molecule has 0 aromatic carbocycles. The van der Waals surface area contributed by atoms with Crippen LogP contribution in [-0.4, -0.2) is 42.0 Å². The zero-order chi connectivity index (χ0) is 14.5. The third-order valence-electron chi connectivity index (χ3n) is 4.93. The molecule has 0 saturated carbocycles. The van der Waals surface area contributed by atoms with Gasteiger partial charge in [0, 0.05) is 43.9 Å². The maximum Gasteiger partial charge on any atom is 0.222 e. The van der Waals surface area contributed by atoms with Gasteiger partial charge in [0.05, 0.1) is 0 Å². The van der Waals surface area contributed by atoms with Gasteiger partial charge in [-0.3, -0.25) is 9.78 Å². The molecule has 4 heteroatoms. The Balaban J connectivity index is 1.54. The molecule has 4 nitrogen and oxygen atoms in total. The van der Waals surface area contributed by atoms with Crippen molar-refractivity contribution in [2.45, 2.75) is 38.5 Å². The number of carbonyl (C=O) groups excluding carboxylic acids is 1. The van der Waals surface area contributed by atoms with Crippen LogP contribution in [0.2, 0.25) is 0 Å². The first-order chi connectivity index (χ1) is 10.3. The number of aromatic nitrogens is 1. The highest BCUT2D eigenvalue weighted by Crippen LogP contribution is 2.36. The number of hydrogen-bond donors (Lipinski definition) is 1. The molecule has 1 aromatic rings. The van der Waals surface area contributed by atoms with Gasteiger partial charge < -0.3 is 10.2 Å². The summed E-state index contributed by atoms with van der Waals surface area (Å²) in [6, 6.07) is 3.98. The third-order valence-corrected chi connectivity index (χ3v) is 4.93. The SMILES string of the molecule is O=C(CCc1cccnc1)N1CCCC2(CCCNC2)C1. The standard InChI is InChI=1S/C17H25N3O/c21-16(6-5-15-4-1-9-18-12-15)20-11-3-8-17(14-20)7-2-10-19-13-17/h1,4,9,12,19H,2-3,5-8,10-11,13-14H2. The summed E-state index contributed by atoms with van der Waals surface area (Å²) in [7, 11) is 0. The number of aryl methyl sites for hydroxylation is 1. The second-order valence-corrected chi connectivity index (χ2v) is 6.56. The fraction of sp³-hybridized carbons (Fsp3) is 0.647. The van der Waals surface area contributed by atoms with Gasteiger partial charge in [-0.15, -0.1) is 0 Å². The number of piperidine rings is 2. The molecule has 2 fully saturated rings. The van der Waals surface area contributed by atoms with E-state index >= 15 is 0 Å². The van der Waals surface area contributed by atoms with Crippen LogP contribution in [-0.2, 0) is 11.2 Å². The molecule has 1 unspecified atom stereocenters. The molecule has 3 heterocycles. The van der Waals surface area contributed by atoms with Gasteiger partial charge in [-0.05, 0) is 50.3 Å². The lowest BCUT2D eigenvalue weighted by Crippen LogP contribution is -2.52. The van der Waals surface area contributed by atoms with Crippen LogP contribution >= 0.6 is 0 Å². The lowest BCUT2D eigenvalue weighted by Gasteiger charge is -2.45. The topological polar surface area (TPSA) is 45.2 Å². The second-order valence-electron chi connectivity index (χ2n) is 6.56. The van der Waals surface area contributed by atoms with E-state index in [1.807, 2.05) is 18.3 Å². The highest BCUT2D eigenvalue weighted by atomic mass is 16.2. The van der Waals surface area contributed by atoms with Crippen molar-refractivity contribution in [3.05, 3.63) is 30.1 Å². The van der Waals surface area contributed by atoms with Gasteiger partial charge in [-0.25, -0.2) is 0 Å². The Bertz CT molecular complexity index is 463. The number of nitrogens with one attached hydrogen (secondary N) is 1. The molecule has 1 aromatic heterocycles. The van der Waals surface area contributed by atoms with Crippen molar-refractivity contribution in [3.63, 3.8) is 0 Å². The van der Waals surface area contributed by atoms with E-state index in [1.165, 1.54) is 19.3 Å². The first kappa shape index (κ1) is 14.5. The Morgan fingerprint density at radius 1 is 1.38 bits per heavy atom. The first-order valence-corrected chi connectivity index (χ1v) is 8.15. The molecule has 21 heavy (non-hydrogen) atoms. The number of likely N-dealkylation sites (tertiary alicyclic amines) is 1. The maximum absolute atomic E-state index is 12.5. The van der Waals surface area contributed by atoms with Crippen LogP contribution in [0.4, 0.5) is 0 Å². The van der Waals surface area contributed by atoms with Crippen LogP contribution < -0.4 is 5.32 Å². The molecular weight excluding hydrogens is 262 g/mol. The van der Waals surface area contributed by atoms with Crippen LogP contribution in [0.3, 0.4) is 0 Å². The van der Waals surface area contributed by atoms with Gasteiger partial charge in [-0.2, -0.15) is 0 Å². The van der Waals surface area contributed by atoms with Crippen molar-refractivity contribution in [3.8, 4) is 0 Å². The molecule has 0 radical (unpaired) electrons. The van der Waals surface area contributed by atoms with Crippen molar-refractivity contribution < 1.29 is 4.79 Å². The van der Waals surface area contributed by atoms with Gasteiger partial charge in [0.1, 0.15) is 0 Å². The molecule has 0 aliphatic carbocycles. The van der Waals surface area contributed by atoms with E-state index in [4.69, 9.17) is 0 Å². The molecule has 1 amide bonds. The summed E-state index contributed by atoms with van der Waals surface area (Å²) in [5, 5.41) is 3.52. The summed E-state index contributed by atoms with van der Waals surface area (Å²) in [6.07, 6.45) is 9.98. The lowest BCUT2D eigenvalue weighted by molar-refractivity contribution is -0.135. The van der Waals surface area contributed by atoms with Gasteiger partial charge in [0.25, 0.3) is 0 Å². The fourth-order valence-corrected chi connectivity index (χ4v) is 3.75. The predicted molar refractivity (Wildman–Crippen MR) is 82.9 cm³/mol. The Morgan fingerprint density at radius 3 is 3.05 bits per heavy atom. The van der Waals surface area contributed by atoms with E-state index in [0.29, 0.717) is 17.7 Å². The number of pyridine rings is 1. The number of amides is 1. The van der Waals surface area contributed by atoms with Gasteiger partial charge in [0.15, 0.2) is 0 Å². The fourth-order valence-electron chi connectivity index (χ4n) is 3.75. The van der Waals surface area contributed by atoms with E-state index < -0.39 is 0 Å². The lowest BCUT2D eigenvalue weighted by atomic mass is 9.74. The molecule has 114 valence electrons. The Hall–Kier alpha value is -1.42. The van der Waals surface area contributed by atoms with Crippen LogP contribution in [0, 0.1) is 5.41 Å². The third kappa shape index (κ3) is 3.62. The van der Waals surface area contributed by atoms with E-state index in [0.717, 1.165) is 44.6 Å². The molecule has 2 aliphatic heterocycles. The van der Waals surface area contributed by atoms with E-state index in [1.54, 1.807) is 6.20 Å². The number of carbonyl (C=O) groups is 1. The normalized spacial score (nSPS) is 26.0. The van der Waals surface area contributed by atoms with Crippen molar-refractivity contribution in [1.29, 1.82) is 0 Å². The summed E-state index contributed by atoms with van der Waals surface area (Å²) in [4.78, 5) is 18.7. The second kappa shape index (κ2) is 6.56. The summed E-state index contributed by atoms with van der Waals surface area (Å²) in [6.45, 7) is 4.11. The molecular formula is C17H25N3O. The molecule has 1 atom stereocenters. The van der Waals surface area contributed by atoms with Crippen LogP contribution in [0.5, 0.6) is 0 Å². The highest BCUT2D eigenvalue weighted by molar-refractivity contribution is 5.76. The average Bonchev–Trinajstić information content (AvgIpc) is 2.54. The molecule has 1 spiro atoms. The summed E-state index contributed by atoms with van der Waals surface area (Å²) >= 11 is 0. The summed E-state index contributed by atoms with van der Waals surface area (Å²) in [5.41, 5.74) is 1.50. The monoisotopic (exact) mass is 287 g/mol. The molecule has 0 bridgehead atoms. The smallest absolute Gasteiger partial charge is 0.222 e. The van der Waals surface area contributed by atoms with Crippen molar-refractivity contribution >= 4 is 5.91 Å². The van der Waals surface area contributed by atoms with Crippen LogP contribution in [0.25, 0.3) is 0 Å². The van der Waals surface area contributed by atoms with Gasteiger partial charge in [0.2, 0.25) is 5.91 Å². The molecule has 2 saturated heterocycles. The minimum Gasteiger partial charge on any atom is -0.342 e. The Kier molecular flexibility index (Phi) is 4.54. The van der Waals surface area contributed by atoms with Crippen molar-refractivity contribution in [2.75, 3.05) is 26.2 Å².